The molecule has 0 fully saturated rings. The zero-order chi connectivity index (χ0) is 7.11. The Morgan fingerprint density at radius 2 is 2.22 bits per heavy atom. The van der Waals surface area contributed by atoms with Gasteiger partial charge in [0.1, 0.15) is 0 Å². The van der Waals surface area contributed by atoms with Gasteiger partial charge in [-0.2, -0.15) is 0 Å². The van der Waals surface area contributed by atoms with Crippen LogP contribution in [-0.4, -0.2) is 38.7 Å². The molecule has 0 aromatic carbocycles. The Hall–Kier alpha value is -0.120. The van der Waals surface area contributed by atoms with Crippen molar-refractivity contribution in [3.8, 4) is 0 Å². The molecule has 0 aromatic heterocycles. The highest BCUT2D eigenvalue weighted by atomic mass is 16.6. The first-order valence-electron chi connectivity index (χ1n) is 3.06. The summed E-state index contributed by atoms with van der Waals surface area (Å²) >= 11 is 0. The van der Waals surface area contributed by atoms with E-state index in [1.165, 1.54) is 0 Å². The van der Waals surface area contributed by atoms with E-state index in [1.54, 1.807) is 0 Å². The molecule has 0 atom stereocenters. The lowest BCUT2D eigenvalue weighted by atomic mass is 10.6. The first kappa shape index (κ1) is 8.88. The molecule has 3 heteroatoms. The number of rotatable bonds is 5. The van der Waals surface area contributed by atoms with Crippen LogP contribution in [0.25, 0.3) is 0 Å². The highest BCUT2D eigenvalue weighted by molar-refractivity contribution is 4.41. The zero-order valence-electron chi connectivity index (χ0n) is 6.18. The molecule has 0 aromatic rings. The van der Waals surface area contributed by atoms with Gasteiger partial charge < -0.3 is 9.74 Å². The Labute approximate surface area is 56.9 Å². The van der Waals surface area contributed by atoms with E-state index in [0.717, 1.165) is 13.1 Å². The van der Waals surface area contributed by atoms with Crippen LogP contribution in [0.15, 0.2) is 0 Å². The van der Waals surface area contributed by atoms with Gasteiger partial charge >= 0.3 is 0 Å². The van der Waals surface area contributed by atoms with Crippen LogP contribution in [0.1, 0.15) is 0 Å². The van der Waals surface area contributed by atoms with E-state index in [-0.39, 0.29) is 0 Å². The Bertz CT molecular complexity index is 57.0. The molecule has 0 spiro atoms. The van der Waals surface area contributed by atoms with E-state index in [9.17, 15) is 0 Å². The van der Waals surface area contributed by atoms with Gasteiger partial charge in [0.15, 0.2) is 0 Å². The van der Waals surface area contributed by atoms with Crippen LogP contribution in [0.2, 0.25) is 0 Å². The second kappa shape index (κ2) is 6.01. The summed E-state index contributed by atoms with van der Waals surface area (Å²) in [4.78, 5) is 6.88. The van der Waals surface area contributed by atoms with E-state index in [1.807, 2.05) is 14.1 Å². The van der Waals surface area contributed by atoms with Crippen molar-refractivity contribution >= 4 is 0 Å². The number of hydrogen-bond acceptors (Lipinski definition) is 3. The third kappa shape index (κ3) is 7.88. The topological polar surface area (TPSA) is 24.5 Å². The fourth-order valence-corrected chi connectivity index (χ4v) is 0.414. The van der Waals surface area contributed by atoms with Crippen molar-refractivity contribution < 1.29 is 4.84 Å². The lowest BCUT2D eigenvalue weighted by Crippen LogP contribution is -2.26. The van der Waals surface area contributed by atoms with Gasteiger partial charge in [-0.05, 0) is 21.0 Å². The summed E-state index contributed by atoms with van der Waals surface area (Å²) in [5.41, 5.74) is 2.76. The Morgan fingerprint density at radius 1 is 1.56 bits per heavy atom. The van der Waals surface area contributed by atoms with Gasteiger partial charge in [-0.3, -0.25) is 0 Å². The van der Waals surface area contributed by atoms with Crippen molar-refractivity contribution in [2.75, 3.05) is 33.8 Å². The number of nitrogens with one attached hydrogen (secondary N) is 1. The summed E-state index contributed by atoms with van der Waals surface area (Å²) in [6.07, 6.45) is 0. The molecule has 0 saturated heterocycles. The number of hydrogen-bond donors (Lipinski definition) is 1. The van der Waals surface area contributed by atoms with Gasteiger partial charge in [-0.15, -0.1) is 0 Å². The van der Waals surface area contributed by atoms with Crippen LogP contribution in [0, 0.1) is 6.92 Å². The van der Waals surface area contributed by atoms with Crippen molar-refractivity contribution in [3.05, 3.63) is 6.92 Å². The first-order chi connectivity index (χ1) is 4.27. The molecular formula is C6H15N2O. The lowest BCUT2D eigenvalue weighted by Gasteiger charge is -2.08. The van der Waals surface area contributed by atoms with Gasteiger partial charge in [0.25, 0.3) is 0 Å². The molecule has 0 rings (SSSR count). The molecule has 0 aliphatic rings. The molecule has 0 bridgehead atoms. The van der Waals surface area contributed by atoms with Gasteiger partial charge in [0, 0.05) is 13.1 Å². The second-order valence-electron chi connectivity index (χ2n) is 2.05. The maximum Gasteiger partial charge on any atom is 0.0683 e. The minimum Gasteiger partial charge on any atom is -0.308 e. The first-order valence-corrected chi connectivity index (χ1v) is 3.06. The molecule has 0 amide bonds. The molecule has 0 saturated carbocycles. The summed E-state index contributed by atoms with van der Waals surface area (Å²) in [6, 6.07) is 0. The third-order valence-corrected chi connectivity index (χ3v) is 0.865. The van der Waals surface area contributed by atoms with E-state index < -0.39 is 0 Å². The predicted molar refractivity (Wildman–Crippen MR) is 37.9 cm³/mol. The molecule has 9 heavy (non-hydrogen) atoms. The highest BCUT2D eigenvalue weighted by Gasteiger charge is 1.86. The molecule has 0 unspecified atom stereocenters. The molecule has 1 radical (unpaired) electrons. The van der Waals surface area contributed by atoms with E-state index in [0.29, 0.717) is 6.61 Å². The maximum atomic E-state index is 4.80. The number of hydroxylamine groups is 1. The summed E-state index contributed by atoms with van der Waals surface area (Å²) in [6.45, 7) is 5.82. The highest BCUT2D eigenvalue weighted by Crippen LogP contribution is 1.70. The van der Waals surface area contributed by atoms with E-state index in [4.69, 9.17) is 4.84 Å². The van der Waals surface area contributed by atoms with Crippen LogP contribution in [0.3, 0.4) is 0 Å². The largest absolute Gasteiger partial charge is 0.308 e. The molecule has 55 valence electrons. The van der Waals surface area contributed by atoms with E-state index in [2.05, 4.69) is 17.3 Å². The minimum absolute atomic E-state index is 0.480. The monoisotopic (exact) mass is 131 g/mol. The lowest BCUT2D eigenvalue weighted by molar-refractivity contribution is 0.0576. The molecule has 3 nitrogen and oxygen atoms in total. The average molecular weight is 131 g/mol. The van der Waals surface area contributed by atoms with E-state index >= 15 is 0 Å². The average Bonchev–Trinajstić information content (AvgIpc) is 1.80. The van der Waals surface area contributed by atoms with Gasteiger partial charge in [0.05, 0.1) is 6.61 Å². The van der Waals surface area contributed by atoms with Crippen molar-refractivity contribution in [3.63, 3.8) is 0 Å². The normalized spacial score (nSPS) is 10.7. The quantitative estimate of drug-likeness (QED) is 0.416. The van der Waals surface area contributed by atoms with Crippen LogP contribution < -0.4 is 5.48 Å². The Morgan fingerprint density at radius 3 is 2.67 bits per heavy atom. The molecular weight excluding hydrogens is 116 g/mol. The Balaban J connectivity index is 2.75. The molecule has 0 aliphatic carbocycles. The van der Waals surface area contributed by atoms with Crippen molar-refractivity contribution in [1.82, 2.24) is 10.4 Å². The molecule has 1 N–H and O–H groups in total. The Kier molecular flexibility index (Phi) is 5.93. The van der Waals surface area contributed by atoms with Crippen molar-refractivity contribution in [2.24, 2.45) is 0 Å². The van der Waals surface area contributed by atoms with Crippen molar-refractivity contribution in [1.29, 1.82) is 0 Å². The predicted octanol–water partition coefficient (Wildman–Crippen LogP) is -0.0967. The molecule has 0 heterocycles. The SMILES string of the molecule is [CH2]CONCCN(C)C. The minimum atomic E-state index is 0.480. The standard InChI is InChI=1S/C6H15N2O/c1-4-9-7-5-6-8(2)3/h7H,1,4-6H2,2-3H3. The maximum absolute atomic E-state index is 4.80. The van der Waals surface area contributed by atoms with Crippen LogP contribution in [0.5, 0.6) is 0 Å². The number of nitrogens with zero attached hydrogens (tertiary/aromatic N) is 1. The summed E-state index contributed by atoms with van der Waals surface area (Å²) in [5.74, 6) is 0. The smallest absolute Gasteiger partial charge is 0.0683 e. The van der Waals surface area contributed by atoms with Crippen LogP contribution >= 0.6 is 0 Å². The molecule has 0 aliphatic heterocycles. The van der Waals surface area contributed by atoms with Crippen LogP contribution in [0.4, 0.5) is 0 Å². The summed E-state index contributed by atoms with van der Waals surface area (Å²) in [5, 5.41) is 0. The fraction of sp³-hybridized carbons (Fsp3) is 0.833. The fourth-order valence-electron chi connectivity index (χ4n) is 0.414. The third-order valence-electron chi connectivity index (χ3n) is 0.865. The zero-order valence-corrected chi connectivity index (χ0v) is 6.18. The summed E-state index contributed by atoms with van der Waals surface area (Å²) < 4.78 is 0. The number of likely N-dealkylation sites (N-methyl/N-ethyl adjacent to an activating group) is 1. The van der Waals surface area contributed by atoms with Gasteiger partial charge in [-0.1, -0.05) is 0 Å². The van der Waals surface area contributed by atoms with Crippen molar-refractivity contribution in [2.45, 2.75) is 0 Å². The summed E-state index contributed by atoms with van der Waals surface area (Å²) in [7, 11) is 4.04. The second-order valence-corrected chi connectivity index (χ2v) is 2.05. The van der Waals surface area contributed by atoms with Crippen LogP contribution in [-0.2, 0) is 4.84 Å². The van der Waals surface area contributed by atoms with Gasteiger partial charge in [-0.25, -0.2) is 5.48 Å². The van der Waals surface area contributed by atoms with Gasteiger partial charge in [0.2, 0.25) is 0 Å².